The summed E-state index contributed by atoms with van der Waals surface area (Å²) < 4.78 is 22.1. The van der Waals surface area contributed by atoms with Crippen LogP contribution in [0.2, 0.25) is 0 Å². The number of aliphatic hydroxyl groups excluding tert-OH is 2. The summed E-state index contributed by atoms with van der Waals surface area (Å²) in [6, 6.07) is 1.05. The summed E-state index contributed by atoms with van der Waals surface area (Å²) in [5.74, 6) is 0. The normalized spacial score (nSPS) is 31.1. The van der Waals surface area contributed by atoms with Gasteiger partial charge in [0.15, 0.2) is 6.23 Å². The number of H-pyrrole nitrogens is 1. The van der Waals surface area contributed by atoms with E-state index in [9.17, 15) is 29.3 Å². The van der Waals surface area contributed by atoms with Crippen molar-refractivity contribution >= 4 is 7.60 Å². The highest BCUT2D eigenvalue weighted by molar-refractivity contribution is 7.52. The van der Waals surface area contributed by atoms with Crippen molar-refractivity contribution in [1.82, 2.24) is 9.55 Å². The Balaban J connectivity index is 2.15. The van der Waals surface area contributed by atoms with Crippen molar-refractivity contribution in [2.75, 3.05) is 12.9 Å². The van der Waals surface area contributed by atoms with E-state index in [1.807, 2.05) is 4.98 Å². The maximum atomic E-state index is 11.7. The van der Waals surface area contributed by atoms with Crippen LogP contribution in [0.25, 0.3) is 0 Å². The number of hydrogen-bond donors (Lipinski definition) is 5. The average molecular weight is 337 g/mol. The lowest BCUT2D eigenvalue weighted by Gasteiger charge is -2.17. The maximum Gasteiger partial charge on any atom is 0.341 e. The molecule has 1 unspecified atom stereocenters. The minimum absolute atomic E-state index is 0.502. The van der Waals surface area contributed by atoms with Crippen LogP contribution in [-0.4, -0.2) is 55.9 Å². The van der Waals surface area contributed by atoms with E-state index in [4.69, 9.17) is 10.5 Å². The van der Waals surface area contributed by atoms with Crippen molar-refractivity contribution in [2.45, 2.75) is 24.5 Å². The fraction of sp³-hybridized carbons (Fsp3) is 0.600. The Morgan fingerprint density at radius 2 is 2.09 bits per heavy atom. The molecule has 1 fully saturated rings. The second-order valence-electron chi connectivity index (χ2n) is 4.68. The molecule has 0 bridgehead atoms. The molecule has 0 aromatic carbocycles. The van der Waals surface area contributed by atoms with Gasteiger partial charge in [-0.1, -0.05) is 0 Å². The van der Waals surface area contributed by atoms with Crippen molar-refractivity contribution in [1.29, 1.82) is 0 Å². The Labute approximate surface area is 123 Å². The molecule has 22 heavy (non-hydrogen) atoms. The second kappa shape index (κ2) is 6.42. The highest BCUT2D eigenvalue weighted by atomic mass is 31.2. The van der Waals surface area contributed by atoms with E-state index in [1.165, 1.54) is 0 Å². The molecule has 1 aliphatic heterocycles. The molecule has 0 amide bonds. The van der Waals surface area contributed by atoms with Crippen LogP contribution in [-0.2, 0) is 13.8 Å². The summed E-state index contributed by atoms with van der Waals surface area (Å²) in [4.78, 5) is 33.8. The molecule has 0 spiro atoms. The number of hydrogen-bond acceptors (Lipinski definition) is 8. The highest BCUT2D eigenvalue weighted by Gasteiger charge is 2.44. The van der Waals surface area contributed by atoms with Gasteiger partial charge in [0, 0.05) is 12.3 Å². The van der Waals surface area contributed by atoms with Gasteiger partial charge in [-0.15, -0.1) is 0 Å². The van der Waals surface area contributed by atoms with Gasteiger partial charge in [-0.05, 0) is 0 Å². The first-order valence-corrected chi connectivity index (χ1v) is 8.01. The zero-order valence-electron chi connectivity index (χ0n) is 11.2. The molecule has 6 N–H and O–H groups in total. The SMILES string of the molecule is NCP(=O)(O)OC[C@H]1O[C@@H](n2ccc(=O)[nH]c2=O)[C@H](O)[C@@H]1O. The predicted octanol–water partition coefficient (Wildman–Crippen LogP) is -2.73. The van der Waals surface area contributed by atoms with Gasteiger partial charge in [-0.2, -0.15) is 0 Å². The number of ether oxygens (including phenoxy) is 1. The van der Waals surface area contributed by atoms with E-state index < -0.39 is 56.3 Å². The number of nitrogens with one attached hydrogen (secondary N) is 1. The Morgan fingerprint density at radius 3 is 2.68 bits per heavy atom. The molecule has 12 heteroatoms. The Morgan fingerprint density at radius 1 is 1.41 bits per heavy atom. The summed E-state index contributed by atoms with van der Waals surface area (Å²) in [6.07, 6.45) is -4.88. The number of aromatic amines is 1. The quantitative estimate of drug-likeness (QED) is 0.357. The van der Waals surface area contributed by atoms with Gasteiger partial charge in [0.25, 0.3) is 5.56 Å². The first-order valence-electron chi connectivity index (χ1n) is 6.24. The number of rotatable bonds is 5. The summed E-state index contributed by atoms with van der Waals surface area (Å²) in [5, 5.41) is 19.8. The van der Waals surface area contributed by atoms with Crippen LogP contribution in [0.3, 0.4) is 0 Å². The first kappa shape index (κ1) is 17.0. The maximum absolute atomic E-state index is 11.7. The standard InChI is InChI=1S/C10H16N3O8P/c11-4-22(18,19)20-3-5-7(15)8(16)9(21-5)13-2-1-6(14)12-10(13)17/h1-2,5,7-9,15-16H,3-4,11H2,(H,18,19)(H,12,14,17)/t5-,7-,8-,9-/m1/s1. The van der Waals surface area contributed by atoms with Gasteiger partial charge in [-0.3, -0.25) is 18.9 Å². The number of aliphatic hydroxyl groups is 2. The Bertz CT molecular complexity index is 687. The first-order chi connectivity index (χ1) is 10.2. The van der Waals surface area contributed by atoms with Crippen LogP contribution >= 0.6 is 7.60 Å². The molecule has 2 rings (SSSR count). The molecule has 1 aromatic heterocycles. The molecular formula is C10H16N3O8P. The van der Waals surface area contributed by atoms with Gasteiger partial charge >= 0.3 is 13.3 Å². The van der Waals surface area contributed by atoms with Crippen LogP contribution in [0, 0.1) is 0 Å². The van der Waals surface area contributed by atoms with Crippen LogP contribution in [0.5, 0.6) is 0 Å². The fourth-order valence-electron chi connectivity index (χ4n) is 1.97. The molecular weight excluding hydrogens is 321 g/mol. The largest absolute Gasteiger partial charge is 0.387 e. The van der Waals surface area contributed by atoms with Crippen molar-refractivity contribution < 1.29 is 28.9 Å². The van der Waals surface area contributed by atoms with Gasteiger partial charge < -0.3 is 30.1 Å². The molecule has 1 saturated heterocycles. The fourth-order valence-corrected chi connectivity index (χ4v) is 2.45. The van der Waals surface area contributed by atoms with Crippen LogP contribution in [0.15, 0.2) is 21.9 Å². The summed E-state index contributed by atoms with van der Waals surface area (Å²) >= 11 is 0. The predicted molar refractivity (Wildman–Crippen MR) is 72.1 cm³/mol. The summed E-state index contributed by atoms with van der Waals surface area (Å²) in [7, 11) is -3.99. The lowest BCUT2D eigenvalue weighted by atomic mass is 10.1. The van der Waals surface area contributed by atoms with E-state index in [-0.39, 0.29) is 0 Å². The lowest BCUT2D eigenvalue weighted by Crippen LogP contribution is -2.37. The molecule has 124 valence electrons. The molecule has 11 nitrogen and oxygen atoms in total. The van der Waals surface area contributed by atoms with E-state index in [2.05, 4.69) is 4.52 Å². The Kier molecular flexibility index (Phi) is 4.97. The third kappa shape index (κ3) is 3.52. The third-order valence-corrected chi connectivity index (χ3v) is 4.15. The number of aromatic nitrogens is 2. The van der Waals surface area contributed by atoms with E-state index in [0.717, 1.165) is 16.8 Å². The second-order valence-corrected chi connectivity index (χ2v) is 6.58. The average Bonchev–Trinajstić information content (AvgIpc) is 2.73. The van der Waals surface area contributed by atoms with Crippen LogP contribution < -0.4 is 17.0 Å². The third-order valence-electron chi connectivity index (χ3n) is 3.13. The molecule has 2 heterocycles. The molecule has 1 aromatic rings. The molecule has 0 aliphatic carbocycles. The van der Waals surface area contributed by atoms with Crippen molar-refractivity contribution in [2.24, 2.45) is 5.73 Å². The van der Waals surface area contributed by atoms with Crippen LogP contribution in [0.4, 0.5) is 0 Å². The highest BCUT2D eigenvalue weighted by Crippen LogP contribution is 2.40. The number of nitrogens with zero attached hydrogens (tertiary/aromatic N) is 1. The monoisotopic (exact) mass is 337 g/mol. The van der Waals surface area contributed by atoms with E-state index in [1.54, 1.807) is 0 Å². The van der Waals surface area contributed by atoms with E-state index in [0.29, 0.717) is 0 Å². The zero-order valence-corrected chi connectivity index (χ0v) is 12.1. The van der Waals surface area contributed by atoms with Gasteiger partial charge in [-0.25, -0.2) is 4.79 Å². The lowest BCUT2D eigenvalue weighted by molar-refractivity contribution is -0.0525. The number of nitrogens with two attached hydrogens (primary N) is 1. The summed E-state index contributed by atoms with van der Waals surface area (Å²) in [6.45, 7) is -0.502. The molecule has 5 atom stereocenters. The molecule has 1 aliphatic rings. The van der Waals surface area contributed by atoms with Gasteiger partial charge in [0.1, 0.15) is 18.3 Å². The van der Waals surface area contributed by atoms with Gasteiger partial charge in [0.05, 0.1) is 12.9 Å². The van der Waals surface area contributed by atoms with Crippen molar-refractivity contribution in [3.05, 3.63) is 33.1 Å². The summed E-state index contributed by atoms with van der Waals surface area (Å²) in [5.41, 5.74) is 3.58. The smallest absolute Gasteiger partial charge is 0.341 e. The minimum Gasteiger partial charge on any atom is -0.387 e. The van der Waals surface area contributed by atoms with Crippen molar-refractivity contribution in [3.63, 3.8) is 0 Å². The van der Waals surface area contributed by atoms with E-state index >= 15 is 0 Å². The molecule has 0 saturated carbocycles. The molecule has 0 radical (unpaired) electrons. The van der Waals surface area contributed by atoms with Gasteiger partial charge in [0.2, 0.25) is 0 Å². The minimum atomic E-state index is -3.99. The topological polar surface area (TPSA) is 177 Å². The van der Waals surface area contributed by atoms with Crippen molar-refractivity contribution in [3.8, 4) is 0 Å². The Hall–Kier alpha value is -1.33. The van der Waals surface area contributed by atoms with Crippen LogP contribution in [0.1, 0.15) is 6.23 Å². The zero-order chi connectivity index (χ0) is 16.5.